The molecule has 36 heavy (non-hydrogen) atoms. The molecule has 0 radical (unpaired) electrons. The number of aromatic nitrogens is 4. The third-order valence-electron chi connectivity index (χ3n) is 5.59. The minimum atomic E-state index is -2.95. The Labute approximate surface area is 209 Å². The number of amides is 1. The van der Waals surface area contributed by atoms with Crippen molar-refractivity contribution in [2.24, 2.45) is 0 Å². The van der Waals surface area contributed by atoms with Gasteiger partial charge in [-0.3, -0.25) is 9.36 Å². The number of benzene rings is 2. The lowest BCUT2D eigenvalue weighted by molar-refractivity contribution is 0.0939. The number of nitrogens with one attached hydrogen (secondary N) is 1. The third-order valence-corrected chi connectivity index (χ3v) is 8.39. The smallest absolute Gasteiger partial charge is 0.259 e. The summed E-state index contributed by atoms with van der Waals surface area (Å²) in [4.78, 5) is 21.3. The molecule has 10 heteroatoms. The molecule has 2 heterocycles. The van der Waals surface area contributed by atoms with Crippen molar-refractivity contribution in [3.8, 4) is 11.8 Å². The molecule has 0 aliphatic carbocycles. The van der Waals surface area contributed by atoms with Crippen LogP contribution in [0.3, 0.4) is 0 Å². The Hall–Kier alpha value is -3.81. The number of carbonyl (C=O) groups is 1. The van der Waals surface area contributed by atoms with Gasteiger partial charge in [0.25, 0.3) is 11.9 Å². The van der Waals surface area contributed by atoms with Gasteiger partial charge in [0.05, 0.1) is 12.6 Å². The van der Waals surface area contributed by atoms with Crippen molar-refractivity contribution in [3.05, 3.63) is 95.9 Å². The second-order valence-corrected chi connectivity index (χ2v) is 10.7. The van der Waals surface area contributed by atoms with E-state index in [1.807, 2.05) is 56.3 Å². The molecule has 0 fully saturated rings. The lowest BCUT2D eigenvalue weighted by atomic mass is 9.98. The van der Waals surface area contributed by atoms with Gasteiger partial charge in [-0.2, -0.15) is 10.1 Å². The Morgan fingerprint density at radius 2 is 1.81 bits per heavy atom. The summed E-state index contributed by atoms with van der Waals surface area (Å²) < 4.78 is 20.4. The molecule has 2 aromatic heterocycles. The molecule has 2 N–H and O–H groups in total. The topological polar surface area (TPSA) is 119 Å². The fourth-order valence-corrected chi connectivity index (χ4v) is 6.05. The van der Waals surface area contributed by atoms with E-state index in [1.54, 1.807) is 30.6 Å². The van der Waals surface area contributed by atoms with Crippen LogP contribution in [-0.4, -0.2) is 43.5 Å². The summed E-state index contributed by atoms with van der Waals surface area (Å²) in [6.07, 6.45) is 5.67. The molecular formula is C26H28N5O4P. The van der Waals surface area contributed by atoms with Crippen LogP contribution in [0.2, 0.25) is 0 Å². The zero-order chi connectivity index (χ0) is 25.5. The van der Waals surface area contributed by atoms with Gasteiger partial charge >= 0.3 is 0 Å². The van der Waals surface area contributed by atoms with E-state index in [0.717, 1.165) is 17.5 Å². The Balaban J connectivity index is 1.63. The molecule has 9 nitrogen and oxygen atoms in total. The minimum absolute atomic E-state index is 0.0627. The van der Waals surface area contributed by atoms with Crippen LogP contribution >= 0.6 is 7.37 Å². The Morgan fingerprint density at radius 3 is 2.42 bits per heavy atom. The minimum Gasteiger partial charge on any atom is -0.493 e. The summed E-state index contributed by atoms with van der Waals surface area (Å²) in [6, 6.07) is 17.9. The zero-order valence-electron chi connectivity index (χ0n) is 20.1. The van der Waals surface area contributed by atoms with Crippen LogP contribution in [0.25, 0.3) is 5.95 Å². The van der Waals surface area contributed by atoms with Crippen molar-refractivity contribution in [3.63, 3.8) is 0 Å². The highest BCUT2D eigenvalue weighted by molar-refractivity contribution is 7.67. The zero-order valence-corrected chi connectivity index (χ0v) is 21.0. The van der Waals surface area contributed by atoms with Crippen molar-refractivity contribution in [2.75, 3.05) is 12.8 Å². The maximum Gasteiger partial charge on any atom is 0.259 e. The van der Waals surface area contributed by atoms with E-state index >= 15 is 0 Å². The van der Waals surface area contributed by atoms with Crippen molar-refractivity contribution >= 4 is 18.6 Å². The molecule has 4 aromatic rings. The van der Waals surface area contributed by atoms with Gasteiger partial charge in [-0.25, -0.2) is 9.67 Å². The van der Waals surface area contributed by atoms with Gasteiger partial charge in [0.15, 0.2) is 0 Å². The molecule has 0 saturated heterocycles. The Bertz CT molecular complexity index is 1330. The summed E-state index contributed by atoms with van der Waals surface area (Å²) in [5, 5.41) is 18.1. The lowest BCUT2D eigenvalue weighted by Gasteiger charge is -2.22. The Morgan fingerprint density at radius 1 is 1.08 bits per heavy atom. The molecule has 186 valence electrons. The number of carbonyl (C=O) groups excluding carboxylic acids is 1. The van der Waals surface area contributed by atoms with E-state index in [2.05, 4.69) is 20.4 Å². The largest absolute Gasteiger partial charge is 0.493 e. The second kappa shape index (κ2) is 11.3. The van der Waals surface area contributed by atoms with Gasteiger partial charge in [-0.15, -0.1) is 0 Å². The molecule has 0 aliphatic rings. The Kier molecular flexibility index (Phi) is 7.93. The highest BCUT2D eigenvalue weighted by atomic mass is 31.2. The summed E-state index contributed by atoms with van der Waals surface area (Å²) in [5.74, 6) is -0.842. The quantitative estimate of drug-likeness (QED) is 0.310. The van der Waals surface area contributed by atoms with E-state index in [0.29, 0.717) is 18.1 Å². The first-order valence-electron chi connectivity index (χ1n) is 11.7. The number of nitrogens with zero attached hydrogens (tertiary/aromatic N) is 4. The van der Waals surface area contributed by atoms with Crippen LogP contribution in [0.1, 0.15) is 47.8 Å². The second-order valence-electron chi connectivity index (χ2n) is 8.08. The number of hydrogen-bond acceptors (Lipinski definition) is 7. The summed E-state index contributed by atoms with van der Waals surface area (Å²) >= 11 is 0. The van der Waals surface area contributed by atoms with Gasteiger partial charge < -0.3 is 14.9 Å². The summed E-state index contributed by atoms with van der Waals surface area (Å²) in [6.45, 7) is 4.17. The maximum absolute atomic E-state index is 13.3. The molecule has 4 rings (SSSR count). The molecule has 1 amide bonds. The third kappa shape index (κ3) is 5.53. The molecule has 0 spiro atoms. The highest BCUT2D eigenvalue weighted by Gasteiger charge is 2.26. The fourth-order valence-electron chi connectivity index (χ4n) is 3.90. The number of aromatic hydroxyl groups is 1. The van der Waals surface area contributed by atoms with Gasteiger partial charge in [-0.1, -0.05) is 49.4 Å². The van der Waals surface area contributed by atoms with Crippen molar-refractivity contribution < 1.29 is 19.0 Å². The van der Waals surface area contributed by atoms with E-state index in [4.69, 9.17) is 4.52 Å². The van der Waals surface area contributed by atoms with E-state index in [1.165, 1.54) is 10.9 Å². The van der Waals surface area contributed by atoms with Crippen molar-refractivity contribution in [2.45, 2.75) is 26.3 Å². The standard InChI is InChI=1S/C26H28N5O4P/c1-3-17-36(34,35-4-2)21-13-11-20(12-14-21)23(19-9-6-5-7-10-19)29-24(32)22-18-27-26(30-25(22)33)31-16-8-15-28-31/h5-16,18,23H,3-4,17H2,1-2H3,(H,29,32)(H,27,30,33). The van der Waals surface area contributed by atoms with Crippen LogP contribution in [0, 0.1) is 0 Å². The van der Waals surface area contributed by atoms with Crippen LogP contribution in [0.15, 0.2) is 79.3 Å². The monoisotopic (exact) mass is 505 g/mol. The van der Waals surface area contributed by atoms with Gasteiger partial charge in [0, 0.05) is 30.1 Å². The van der Waals surface area contributed by atoms with Crippen LogP contribution in [0.4, 0.5) is 0 Å². The van der Waals surface area contributed by atoms with E-state index in [-0.39, 0.29) is 11.5 Å². The predicted molar refractivity (Wildman–Crippen MR) is 137 cm³/mol. The molecule has 2 atom stereocenters. The van der Waals surface area contributed by atoms with Gasteiger partial charge in [-0.05, 0) is 42.7 Å². The first kappa shape index (κ1) is 25.3. The van der Waals surface area contributed by atoms with Crippen molar-refractivity contribution in [1.82, 2.24) is 25.1 Å². The normalized spacial score (nSPS) is 13.6. The summed E-state index contributed by atoms with van der Waals surface area (Å²) in [7, 11) is -2.95. The maximum atomic E-state index is 13.3. The van der Waals surface area contributed by atoms with Gasteiger partial charge in [0.1, 0.15) is 5.56 Å². The molecule has 0 saturated carbocycles. The van der Waals surface area contributed by atoms with Crippen molar-refractivity contribution in [1.29, 1.82) is 0 Å². The molecule has 0 aliphatic heterocycles. The van der Waals surface area contributed by atoms with Crippen LogP contribution in [-0.2, 0) is 9.09 Å². The first-order chi connectivity index (χ1) is 17.4. The molecule has 0 bridgehead atoms. The molecule has 2 aromatic carbocycles. The fraction of sp³-hybridized carbons (Fsp3) is 0.231. The van der Waals surface area contributed by atoms with Crippen LogP contribution < -0.4 is 10.6 Å². The first-order valence-corrected chi connectivity index (χ1v) is 13.5. The number of hydrogen-bond donors (Lipinski definition) is 2. The lowest BCUT2D eigenvalue weighted by Crippen LogP contribution is -2.30. The van der Waals surface area contributed by atoms with E-state index in [9.17, 15) is 14.5 Å². The summed E-state index contributed by atoms with van der Waals surface area (Å²) in [5.41, 5.74) is 1.56. The predicted octanol–water partition coefficient (Wildman–Crippen LogP) is 4.24. The van der Waals surface area contributed by atoms with Crippen LogP contribution in [0.5, 0.6) is 5.88 Å². The van der Waals surface area contributed by atoms with E-state index < -0.39 is 25.2 Å². The average Bonchev–Trinajstić information content (AvgIpc) is 3.43. The van der Waals surface area contributed by atoms with Gasteiger partial charge in [0.2, 0.25) is 13.2 Å². The number of rotatable bonds is 10. The molecule has 2 unspecified atom stereocenters. The highest BCUT2D eigenvalue weighted by Crippen LogP contribution is 2.46. The average molecular weight is 506 g/mol. The molecular weight excluding hydrogens is 477 g/mol. The SMILES string of the molecule is CCCP(=O)(OCC)c1ccc(C(NC(=O)c2cnc(-n3cccn3)nc2O)c2ccccc2)cc1.